The molecule has 0 aliphatic carbocycles. The maximum absolute atomic E-state index is 12.7. The Kier molecular flexibility index (Phi) is 8.35. The molecule has 1 aliphatic rings. The van der Waals surface area contributed by atoms with E-state index in [4.69, 9.17) is 11.0 Å². The third-order valence-corrected chi connectivity index (χ3v) is 7.00. The van der Waals surface area contributed by atoms with Crippen LogP contribution in [-0.2, 0) is 4.79 Å². The summed E-state index contributed by atoms with van der Waals surface area (Å²) in [6.07, 6.45) is 3.22. The minimum atomic E-state index is -0.296. The first-order valence-electron chi connectivity index (χ1n) is 13.4. The van der Waals surface area contributed by atoms with Gasteiger partial charge in [-0.05, 0) is 67.4 Å². The molecule has 0 atom stereocenters. The zero-order valence-corrected chi connectivity index (χ0v) is 22.4. The maximum Gasteiger partial charge on any atom is 0.252 e. The number of rotatable bonds is 8. The van der Waals surface area contributed by atoms with Gasteiger partial charge in [-0.15, -0.1) is 0 Å². The van der Waals surface area contributed by atoms with E-state index in [-0.39, 0.29) is 24.3 Å². The highest BCUT2D eigenvalue weighted by Gasteiger charge is 2.25. The normalized spacial score (nSPS) is 13.2. The second-order valence-electron chi connectivity index (χ2n) is 9.69. The highest BCUT2D eigenvalue weighted by molar-refractivity contribution is 5.95. The predicted octanol–water partition coefficient (Wildman–Crippen LogP) is 4.58. The fourth-order valence-corrected chi connectivity index (χ4v) is 4.72. The van der Waals surface area contributed by atoms with Crippen LogP contribution in [0.4, 0.5) is 28.7 Å². The lowest BCUT2D eigenvalue weighted by Crippen LogP contribution is -2.38. The van der Waals surface area contributed by atoms with Crippen LogP contribution in [0.25, 0.3) is 11.3 Å². The molecule has 0 spiro atoms. The molecule has 2 heterocycles. The van der Waals surface area contributed by atoms with Gasteiger partial charge in [0.25, 0.3) is 5.91 Å². The molecular weight excluding hydrogens is 516 g/mol. The van der Waals surface area contributed by atoms with Crippen LogP contribution in [0.2, 0.25) is 0 Å². The van der Waals surface area contributed by atoms with E-state index in [2.05, 4.69) is 30.8 Å². The van der Waals surface area contributed by atoms with E-state index >= 15 is 0 Å². The fraction of sp³-hybridized carbons (Fsp3) is 0.194. The lowest BCUT2D eigenvalue weighted by Gasteiger charge is -2.33. The molecule has 1 aliphatic heterocycles. The summed E-state index contributed by atoms with van der Waals surface area (Å²) >= 11 is 0. The molecule has 41 heavy (non-hydrogen) atoms. The van der Waals surface area contributed by atoms with Gasteiger partial charge >= 0.3 is 0 Å². The molecule has 1 fully saturated rings. The number of hydrogen-bond acceptors (Lipinski definition) is 8. The van der Waals surface area contributed by atoms with Crippen molar-refractivity contribution in [3.05, 3.63) is 90.6 Å². The van der Waals surface area contributed by atoms with E-state index < -0.39 is 0 Å². The van der Waals surface area contributed by atoms with E-state index in [9.17, 15) is 9.59 Å². The first-order valence-corrected chi connectivity index (χ1v) is 13.4. The molecule has 5 rings (SSSR count). The highest BCUT2D eigenvalue weighted by atomic mass is 16.2. The molecule has 10 nitrogen and oxygen atoms in total. The van der Waals surface area contributed by atoms with E-state index in [1.165, 1.54) is 0 Å². The zero-order valence-electron chi connectivity index (χ0n) is 22.4. The zero-order chi connectivity index (χ0) is 28.6. The van der Waals surface area contributed by atoms with Gasteiger partial charge in [0.2, 0.25) is 11.9 Å². The Morgan fingerprint density at radius 2 is 1.71 bits per heavy atom. The summed E-state index contributed by atoms with van der Waals surface area (Å²) in [5, 5.41) is 17.4. The molecule has 0 unspecified atom stereocenters. The molecule has 0 radical (unpaired) electrons. The van der Waals surface area contributed by atoms with Crippen molar-refractivity contribution in [1.29, 1.82) is 5.26 Å². The number of carbonyl (C=O) groups is 2. The number of nitrogen functional groups attached to an aromatic ring is 1. The van der Waals surface area contributed by atoms with Crippen molar-refractivity contribution in [2.45, 2.75) is 12.8 Å². The largest absolute Gasteiger partial charge is 0.397 e. The number of anilines is 5. The molecule has 1 saturated heterocycles. The first-order chi connectivity index (χ1) is 20.0. The molecule has 206 valence electrons. The molecule has 2 amide bonds. The van der Waals surface area contributed by atoms with Gasteiger partial charge in [0.1, 0.15) is 6.54 Å². The summed E-state index contributed by atoms with van der Waals surface area (Å²) in [6, 6.07) is 26.1. The predicted molar refractivity (Wildman–Crippen MR) is 160 cm³/mol. The minimum Gasteiger partial charge on any atom is -0.397 e. The Balaban J connectivity index is 1.15. The quantitative estimate of drug-likeness (QED) is 0.185. The Bertz CT molecular complexity index is 1560. The number of nitrogens with zero attached hydrogens (tertiary/aromatic N) is 4. The Hall–Kier alpha value is -5.43. The first kappa shape index (κ1) is 27.1. The Labute approximate surface area is 238 Å². The lowest BCUT2D eigenvalue weighted by molar-refractivity contribution is -0.120. The van der Waals surface area contributed by atoms with Crippen LogP contribution in [-0.4, -0.2) is 41.4 Å². The third-order valence-electron chi connectivity index (χ3n) is 7.00. The van der Waals surface area contributed by atoms with Crippen molar-refractivity contribution >= 4 is 40.5 Å². The number of aromatic nitrogens is 2. The van der Waals surface area contributed by atoms with Gasteiger partial charge in [0.05, 0.1) is 23.1 Å². The minimum absolute atomic E-state index is 0.0152. The molecule has 0 saturated carbocycles. The van der Waals surface area contributed by atoms with Crippen LogP contribution >= 0.6 is 0 Å². The van der Waals surface area contributed by atoms with Crippen molar-refractivity contribution < 1.29 is 9.59 Å². The van der Waals surface area contributed by atoms with Crippen molar-refractivity contribution in [3.63, 3.8) is 0 Å². The number of para-hydroxylation sites is 2. The SMILES string of the molecule is N#CCNC(=O)c1ccc(-c2ccnc(Nc3ccc(N4CCC(C(=O)Nc5ccccc5N)CC4)cc3)n2)cc1. The van der Waals surface area contributed by atoms with Gasteiger partial charge in [-0.2, -0.15) is 5.26 Å². The average Bonchev–Trinajstić information content (AvgIpc) is 3.01. The van der Waals surface area contributed by atoms with Crippen LogP contribution in [0.1, 0.15) is 23.2 Å². The van der Waals surface area contributed by atoms with Gasteiger partial charge in [0.15, 0.2) is 0 Å². The smallest absolute Gasteiger partial charge is 0.252 e. The Morgan fingerprint density at radius 3 is 2.41 bits per heavy atom. The van der Waals surface area contributed by atoms with Crippen LogP contribution in [0, 0.1) is 17.2 Å². The number of carbonyl (C=O) groups excluding carboxylic acids is 2. The summed E-state index contributed by atoms with van der Waals surface area (Å²) in [5.74, 6) is 0.126. The monoisotopic (exact) mass is 546 g/mol. The van der Waals surface area contributed by atoms with E-state index in [1.54, 1.807) is 30.5 Å². The molecule has 0 bridgehead atoms. The molecule has 1 aromatic heterocycles. The number of amides is 2. The van der Waals surface area contributed by atoms with E-state index in [0.29, 0.717) is 28.6 Å². The molecule has 5 N–H and O–H groups in total. The fourth-order valence-electron chi connectivity index (χ4n) is 4.72. The van der Waals surface area contributed by atoms with Gasteiger partial charge < -0.3 is 26.6 Å². The van der Waals surface area contributed by atoms with Crippen LogP contribution in [0.15, 0.2) is 85.1 Å². The van der Waals surface area contributed by atoms with Gasteiger partial charge in [0, 0.05) is 47.7 Å². The van der Waals surface area contributed by atoms with Crippen molar-refractivity contribution in [1.82, 2.24) is 15.3 Å². The summed E-state index contributed by atoms with van der Waals surface area (Å²) in [4.78, 5) is 36.0. The molecule has 4 aromatic rings. The van der Waals surface area contributed by atoms with Gasteiger partial charge in [-0.3, -0.25) is 9.59 Å². The maximum atomic E-state index is 12.7. The van der Waals surface area contributed by atoms with Crippen molar-refractivity contribution in [2.24, 2.45) is 5.92 Å². The van der Waals surface area contributed by atoms with Gasteiger partial charge in [-0.25, -0.2) is 9.97 Å². The highest BCUT2D eigenvalue weighted by Crippen LogP contribution is 2.27. The summed E-state index contributed by atoms with van der Waals surface area (Å²) in [7, 11) is 0. The average molecular weight is 547 g/mol. The van der Waals surface area contributed by atoms with E-state index in [1.807, 2.05) is 60.7 Å². The number of nitrogens with two attached hydrogens (primary N) is 1. The second kappa shape index (κ2) is 12.6. The van der Waals surface area contributed by atoms with Crippen LogP contribution in [0.3, 0.4) is 0 Å². The van der Waals surface area contributed by atoms with Crippen LogP contribution in [0.5, 0.6) is 0 Å². The Morgan fingerprint density at radius 1 is 0.976 bits per heavy atom. The molecular formula is C31H30N8O2. The molecule has 3 aromatic carbocycles. The van der Waals surface area contributed by atoms with Crippen LogP contribution < -0.4 is 26.6 Å². The summed E-state index contributed by atoms with van der Waals surface area (Å²) in [6.45, 7) is 1.54. The number of hydrogen-bond donors (Lipinski definition) is 4. The lowest BCUT2D eigenvalue weighted by atomic mass is 9.95. The van der Waals surface area contributed by atoms with Crippen molar-refractivity contribution in [2.75, 3.05) is 40.9 Å². The third kappa shape index (κ3) is 6.78. The number of benzene rings is 3. The van der Waals surface area contributed by atoms with Crippen molar-refractivity contribution in [3.8, 4) is 17.3 Å². The standard InChI is InChI=1S/C31H30N8O2/c32-16-18-34-29(40)22-7-5-21(6-8-22)27-13-17-35-31(38-27)36-24-9-11-25(12-10-24)39-19-14-23(15-20-39)30(41)37-28-4-2-1-3-26(28)33/h1-13,17,23H,14-15,18-20,33H2,(H,34,40)(H,37,41)(H,35,36,38). The number of piperidine rings is 1. The van der Waals surface area contributed by atoms with Gasteiger partial charge in [-0.1, -0.05) is 24.3 Å². The number of nitriles is 1. The topological polar surface area (TPSA) is 149 Å². The molecule has 10 heteroatoms. The summed E-state index contributed by atoms with van der Waals surface area (Å²) < 4.78 is 0. The number of nitrogens with one attached hydrogen (secondary N) is 3. The summed E-state index contributed by atoms with van der Waals surface area (Å²) in [5.41, 5.74) is 11.2. The van der Waals surface area contributed by atoms with E-state index in [0.717, 1.165) is 42.9 Å². The second-order valence-corrected chi connectivity index (χ2v) is 9.69.